The first kappa shape index (κ1) is 21.0. The van der Waals surface area contributed by atoms with Crippen LogP contribution in [0, 0.1) is 0 Å². The predicted octanol–water partition coefficient (Wildman–Crippen LogP) is 5.45. The highest BCUT2D eigenvalue weighted by atomic mass is 28.4. The normalized spacial score (nSPS) is 12.5. The number of amides is 1. The third-order valence-corrected chi connectivity index (χ3v) is 11.2. The zero-order chi connectivity index (χ0) is 18.5. The van der Waals surface area contributed by atoms with Crippen LogP contribution in [-0.2, 0) is 11.0 Å². The zero-order valence-electron chi connectivity index (χ0n) is 16.7. The first-order valence-corrected chi connectivity index (χ1v) is 11.3. The van der Waals surface area contributed by atoms with Crippen molar-refractivity contribution in [3.63, 3.8) is 0 Å². The van der Waals surface area contributed by atoms with E-state index in [1.165, 1.54) is 0 Å². The maximum absolute atomic E-state index is 12.3. The van der Waals surface area contributed by atoms with Gasteiger partial charge in [0.15, 0.2) is 5.76 Å². The van der Waals surface area contributed by atoms with Gasteiger partial charge in [0, 0.05) is 18.7 Å². The van der Waals surface area contributed by atoms with Crippen molar-refractivity contribution in [2.75, 3.05) is 13.1 Å². The zero-order valence-corrected chi connectivity index (χ0v) is 17.7. The Hall–Kier alpha value is -1.07. The largest absolute Gasteiger partial charge is 0.459 e. The molecule has 0 fully saturated rings. The lowest BCUT2D eigenvalue weighted by molar-refractivity contribution is 0.0741. The van der Waals surface area contributed by atoms with Crippen molar-refractivity contribution in [1.82, 2.24) is 4.90 Å². The number of furan rings is 1. The van der Waals surface area contributed by atoms with Gasteiger partial charge in [-0.1, -0.05) is 41.5 Å². The van der Waals surface area contributed by atoms with Crippen LogP contribution in [0.25, 0.3) is 0 Å². The van der Waals surface area contributed by atoms with Gasteiger partial charge in [-0.05, 0) is 36.5 Å². The van der Waals surface area contributed by atoms with Crippen molar-refractivity contribution in [3.8, 4) is 0 Å². The molecule has 1 amide bonds. The Balaban J connectivity index is 2.89. The molecule has 1 heterocycles. The molecule has 0 unspecified atom stereocenters. The summed E-state index contributed by atoms with van der Waals surface area (Å²) in [5, 5.41) is 0. The minimum atomic E-state index is -1.90. The molecule has 0 aliphatic heterocycles. The van der Waals surface area contributed by atoms with Gasteiger partial charge in [-0.15, -0.1) is 0 Å². The molecule has 5 heteroatoms. The number of carbonyl (C=O) groups excluding carboxylic acids is 1. The Labute approximate surface area is 148 Å². The Bertz CT molecular complexity index is 497. The van der Waals surface area contributed by atoms with E-state index < -0.39 is 8.32 Å². The van der Waals surface area contributed by atoms with Crippen LogP contribution >= 0.6 is 0 Å². The molecule has 138 valence electrons. The number of hydrogen-bond acceptors (Lipinski definition) is 3. The molecule has 4 nitrogen and oxygen atoms in total. The van der Waals surface area contributed by atoms with Gasteiger partial charge < -0.3 is 13.7 Å². The van der Waals surface area contributed by atoms with E-state index >= 15 is 0 Å². The van der Waals surface area contributed by atoms with Gasteiger partial charge in [0.25, 0.3) is 5.91 Å². The lowest BCUT2D eigenvalue weighted by atomic mass is 10.3. The maximum atomic E-state index is 12.3. The first-order chi connectivity index (χ1) is 11.2. The predicted molar refractivity (Wildman–Crippen MR) is 102 cm³/mol. The lowest BCUT2D eigenvalue weighted by Crippen LogP contribution is -2.47. The Morgan fingerprint density at radius 1 is 1.08 bits per heavy atom. The summed E-state index contributed by atoms with van der Waals surface area (Å²) < 4.78 is 12.1. The highest BCUT2D eigenvalue weighted by molar-refractivity contribution is 6.77. The summed E-state index contributed by atoms with van der Waals surface area (Å²) in [7, 11) is -1.90. The smallest absolute Gasteiger partial charge is 0.289 e. The summed E-state index contributed by atoms with van der Waals surface area (Å²) >= 11 is 0. The van der Waals surface area contributed by atoms with Crippen LogP contribution in [0.1, 0.15) is 71.5 Å². The molecular weight excluding hydrogens is 318 g/mol. The van der Waals surface area contributed by atoms with Gasteiger partial charge in [-0.3, -0.25) is 4.79 Å². The van der Waals surface area contributed by atoms with Crippen LogP contribution in [0.2, 0.25) is 16.6 Å². The molecule has 24 heavy (non-hydrogen) atoms. The van der Waals surface area contributed by atoms with Crippen LogP contribution in [0.5, 0.6) is 0 Å². The minimum absolute atomic E-state index is 0.0497. The van der Waals surface area contributed by atoms with Gasteiger partial charge in [-0.2, -0.15) is 0 Å². The molecule has 0 spiro atoms. The van der Waals surface area contributed by atoms with Crippen molar-refractivity contribution in [3.05, 3.63) is 23.7 Å². The number of nitrogens with zero attached hydrogens (tertiary/aromatic N) is 1. The molecule has 0 aliphatic carbocycles. The number of carbonyl (C=O) groups is 1. The molecular formula is C19H35NO3Si. The fourth-order valence-electron chi connectivity index (χ4n) is 3.94. The summed E-state index contributed by atoms with van der Waals surface area (Å²) in [4.78, 5) is 14.1. The molecule has 1 aromatic heterocycles. The topological polar surface area (TPSA) is 42.7 Å². The standard InChI is InChI=1S/C19H35NO3Si/c1-9-20(10-2)19(21)18-11-17(12-22-18)13-23-24(14(3)4,15(5)6)16(7)8/h11-12,14-16H,9-10,13H2,1-8H3. The first-order valence-electron chi connectivity index (χ1n) is 9.21. The highest BCUT2D eigenvalue weighted by Crippen LogP contribution is 2.42. The second-order valence-electron chi connectivity index (χ2n) is 7.40. The van der Waals surface area contributed by atoms with Crippen molar-refractivity contribution in [1.29, 1.82) is 0 Å². The summed E-state index contributed by atoms with van der Waals surface area (Å²) in [6.45, 7) is 19.5. The third-order valence-electron chi connectivity index (χ3n) is 5.11. The molecule has 0 N–H and O–H groups in total. The van der Waals surface area contributed by atoms with Crippen LogP contribution in [0.3, 0.4) is 0 Å². The van der Waals surface area contributed by atoms with Gasteiger partial charge in [0.2, 0.25) is 8.32 Å². The fraction of sp³-hybridized carbons (Fsp3) is 0.737. The Kier molecular flexibility index (Phi) is 7.74. The van der Waals surface area contributed by atoms with Crippen LogP contribution in [0.4, 0.5) is 0 Å². The van der Waals surface area contributed by atoms with E-state index in [4.69, 9.17) is 8.84 Å². The van der Waals surface area contributed by atoms with Crippen LogP contribution in [-0.4, -0.2) is 32.2 Å². The molecule has 1 aromatic rings. The van der Waals surface area contributed by atoms with Gasteiger partial charge in [0.05, 0.1) is 12.9 Å². The average molecular weight is 354 g/mol. The molecule has 0 aliphatic rings. The molecule has 0 aromatic carbocycles. The summed E-state index contributed by atoms with van der Waals surface area (Å²) in [5.41, 5.74) is 2.58. The molecule has 0 radical (unpaired) electrons. The Morgan fingerprint density at radius 3 is 2.00 bits per heavy atom. The van der Waals surface area contributed by atoms with E-state index in [0.29, 0.717) is 42.1 Å². The molecule has 0 atom stereocenters. The van der Waals surface area contributed by atoms with Crippen molar-refractivity contribution < 1.29 is 13.6 Å². The third kappa shape index (κ3) is 4.31. The lowest BCUT2D eigenvalue weighted by Gasteiger charge is -2.42. The van der Waals surface area contributed by atoms with E-state index in [2.05, 4.69) is 41.5 Å². The van der Waals surface area contributed by atoms with Crippen molar-refractivity contribution in [2.45, 2.75) is 78.6 Å². The van der Waals surface area contributed by atoms with Crippen LogP contribution < -0.4 is 0 Å². The summed E-state index contributed by atoms with van der Waals surface area (Å²) in [6.07, 6.45) is 1.66. The Morgan fingerprint density at radius 2 is 1.58 bits per heavy atom. The highest BCUT2D eigenvalue weighted by Gasteiger charge is 2.45. The second kappa shape index (κ2) is 8.86. The van der Waals surface area contributed by atoms with Crippen molar-refractivity contribution >= 4 is 14.2 Å². The van der Waals surface area contributed by atoms with Gasteiger partial charge in [-0.25, -0.2) is 0 Å². The van der Waals surface area contributed by atoms with E-state index in [-0.39, 0.29) is 5.91 Å². The van der Waals surface area contributed by atoms with E-state index in [9.17, 15) is 4.79 Å². The van der Waals surface area contributed by atoms with E-state index in [1.54, 1.807) is 11.2 Å². The number of hydrogen-bond donors (Lipinski definition) is 0. The summed E-state index contributed by atoms with van der Waals surface area (Å²) in [5.74, 6) is 0.356. The van der Waals surface area contributed by atoms with Gasteiger partial charge >= 0.3 is 0 Å². The SMILES string of the molecule is CCN(CC)C(=O)c1cc(CO[Si](C(C)C)(C(C)C)C(C)C)co1. The molecule has 0 saturated heterocycles. The van der Waals surface area contributed by atoms with Crippen molar-refractivity contribution in [2.24, 2.45) is 0 Å². The molecule has 0 bridgehead atoms. The quantitative estimate of drug-likeness (QED) is 0.554. The molecule has 0 saturated carbocycles. The van der Waals surface area contributed by atoms with Gasteiger partial charge in [0.1, 0.15) is 0 Å². The monoisotopic (exact) mass is 353 g/mol. The van der Waals surface area contributed by atoms with Crippen LogP contribution in [0.15, 0.2) is 16.7 Å². The fourth-order valence-corrected chi connectivity index (χ4v) is 9.36. The molecule has 1 rings (SSSR count). The summed E-state index contributed by atoms with van der Waals surface area (Å²) in [6, 6.07) is 1.83. The maximum Gasteiger partial charge on any atom is 0.289 e. The number of rotatable bonds is 9. The van der Waals surface area contributed by atoms with E-state index in [0.717, 1.165) is 5.56 Å². The van der Waals surface area contributed by atoms with E-state index in [1.807, 2.05) is 19.9 Å². The minimum Gasteiger partial charge on any atom is -0.459 e. The second-order valence-corrected chi connectivity index (χ2v) is 12.9. The average Bonchev–Trinajstić information content (AvgIpc) is 2.96.